The maximum absolute atomic E-state index is 7.41. The molecule has 0 saturated heterocycles. The molecule has 0 amide bonds. The van der Waals surface area contributed by atoms with Crippen LogP contribution in [0.25, 0.3) is 32.3 Å². The van der Waals surface area contributed by atoms with Gasteiger partial charge in [-0.25, -0.2) is 0 Å². The van der Waals surface area contributed by atoms with E-state index in [0.29, 0.717) is 0 Å². The minimum absolute atomic E-state index is 0.128. The number of hydrogen-bond acceptors (Lipinski definition) is 6. The van der Waals surface area contributed by atoms with Crippen molar-refractivity contribution >= 4 is 113 Å². The quantitative estimate of drug-likeness (QED) is 0.163. The number of anilines is 6. The molecule has 0 atom stereocenters. The van der Waals surface area contributed by atoms with Crippen LogP contribution in [0.15, 0.2) is 170 Å². The van der Waals surface area contributed by atoms with Crippen molar-refractivity contribution in [2.75, 3.05) is 9.80 Å². The van der Waals surface area contributed by atoms with Crippen molar-refractivity contribution in [1.29, 1.82) is 0 Å². The second-order valence-electron chi connectivity index (χ2n) is 17.0. The topological polar surface area (TPSA) is 43.4 Å². The van der Waals surface area contributed by atoms with Gasteiger partial charge in [-0.05, 0) is 105 Å². The predicted molar refractivity (Wildman–Crippen MR) is 251 cm³/mol. The third kappa shape index (κ3) is 3.73. The monoisotopic (exact) mass is 790 g/mol. The van der Waals surface area contributed by atoms with Crippen LogP contribution in [0.4, 0.5) is 34.1 Å². The fraction of sp³-hybridized carbons (Fsp3) is 0. The van der Waals surface area contributed by atoms with E-state index >= 15 is 0 Å². The summed E-state index contributed by atoms with van der Waals surface area (Å²) in [6.07, 6.45) is 0. The molecule has 6 aliphatic rings. The van der Waals surface area contributed by atoms with E-state index in [1.165, 1.54) is 0 Å². The third-order valence-corrected chi connectivity index (χ3v) is 14.0. The first-order chi connectivity index (χ1) is 30.8. The van der Waals surface area contributed by atoms with Crippen LogP contribution in [0.5, 0.6) is 46.0 Å². The SMILES string of the molecule is c1ccc(N2c3cccc4c3B3c5c(cc6ccccc6c5Oc5cc6c7c8c(cc6c2c53)Oc2c3c(cc5ccccc25)Oc2cccc(c2B38)N7c2ccccc2)O4)cc1. The summed E-state index contributed by atoms with van der Waals surface area (Å²) in [5.74, 6) is 6.80. The molecule has 0 aromatic heterocycles. The maximum Gasteiger partial charge on any atom is 0.266 e. The zero-order valence-corrected chi connectivity index (χ0v) is 32.8. The molecular weight excluding hydrogens is 762 g/mol. The zero-order valence-electron chi connectivity index (χ0n) is 32.8. The van der Waals surface area contributed by atoms with Crippen molar-refractivity contribution in [1.82, 2.24) is 0 Å². The molecule has 0 saturated carbocycles. The van der Waals surface area contributed by atoms with Crippen molar-refractivity contribution in [2.45, 2.75) is 0 Å². The fourth-order valence-corrected chi connectivity index (χ4v) is 11.7. The molecule has 0 bridgehead atoms. The van der Waals surface area contributed by atoms with Crippen molar-refractivity contribution in [2.24, 2.45) is 0 Å². The van der Waals surface area contributed by atoms with Crippen LogP contribution in [0.1, 0.15) is 0 Å². The van der Waals surface area contributed by atoms with E-state index in [-0.39, 0.29) is 13.4 Å². The van der Waals surface area contributed by atoms with Crippen LogP contribution in [0.3, 0.4) is 0 Å². The molecule has 0 radical (unpaired) electrons. The first-order valence-electron chi connectivity index (χ1n) is 21.2. The summed E-state index contributed by atoms with van der Waals surface area (Å²) in [4.78, 5) is 4.86. The van der Waals surface area contributed by atoms with E-state index in [1.54, 1.807) is 0 Å². The summed E-state index contributed by atoms with van der Waals surface area (Å²) in [6, 6.07) is 60.4. The highest BCUT2D eigenvalue weighted by Gasteiger charge is 2.52. The number of rotatable bonds is 2. The molecule has 8 heteroatoms. The Bertz CT molecular complexity index is 3500. The molecule has 284 valence electrons. The van der Waals surface area contributed by atoms with Gasteiger partial charge in [0.05, 0.1) is 11.4 Å². The zero-order chi connectivity index (χ0) is 39.9. The predicted octanol–water partition coefficient (Wildman–Crippen LogP) is 10.2. The highest BCUT2D eigenvalue weighted by Crippen LogP contribution is 2.55. The Kier molecular flexibility index (Phi) is 5.63. The third-order valence-electron chi connectivity index (χ3n) is 14.0. The number of benzene rings is 10. The molecule has 6 heterocycles. The van der Waals surface area contributed by atoms with Crippen LogP contribution in [-0.2, 0) is 0 Å². The Hall–Kier alpha value is -8.09. The van der Waals surface area contributed by atoms with E-state index in [2.05, 4.69) is 180 Å². The minimum Gasteiger partial charge on any atom is -0.458 e. The first-order valence-corrected chi connectivity index (χ1v) is 21.2. The normalized spacial score (nSPS) is 14.5. The van der Waals surface area contributed by atoms with Gasteiger partial charge in [0.1, 0.15) is 46.0 Å². The molecule has 16 rings (SSSR count). The minimum atomic E-state index is -0.128. The average molecular weight is 790 g/mol. The van der Waals surface area contributed by atoms with Crippen molar-refractivity contribution in [3.8, 4) is 46.0 Å². The van der Waals surface area contributed by atoms with Crippen LogP contribution in [0, 0.1) is 0 Å². The Morgan fingerprint density at radius 2 is 0.726 bits per heavy atom. The molecule has 6 aliphatic heterocycles. The lowest BCUT2D eigenvalue weighted by Crippen LogP contribution is -2.62. The lowest BCUT2D eigenvalue weighted by molar-refractivity contribution is 0.467. The molecular formula is C54H28B2N2O4. The Balaban J connectivity index is 1.10. The second-order valence-corrected chi connectivity index (χ2v) is 17.0. The molecule has 10 aromatic carbocycles. The molecule has 0 spiro atoms. The molecule has 62 heavy (non-hydrogen) atoms. The van der Waals surface area contributed by atoms with Gasteiger partial charge in [0.2, 0.25) is 0 Å². The number of fused-ring (bicyclic) bond motifs is 7. The molecule has 0 N–H and O–H groups in total. The van der Waals surface area contributed by atoms with Crippen LogP contribution >= 0.6 is 0 Å². The summed E-state index contributed by atoms with van der Waals surface area (Å²) in [7, 11) is 0. The molecule has 0 unspecified atom stereocenters. The highest BCUT2D eigenvalue weighted by atomic mass is 16.5. The maximum atomic E-state index is 7.41. The smallest absolute Gasteiger partial charge is 0.266 e. The Morgan fingerprint density at radius 3 is 1.19 bits per heavy atom. The average Bonchev–Trinajstić information content (AvgIpc) is 3.32. The van der Waals surface area contributed by atoms with Gasteiger partial charge >= 0.3 is 0 Å². The molecule has 6 nitrogen and oxygen atoms in total. The summed E-state index contributed by atoms with van der Waals surface area (Å²) in [5.41, 5.74) is 13.1. The lowest BCUT2D eigenvalue weighted by atomic mass is 9.32. The van der Waals surface area contributed by atoms with Gasteiger partial charge in [0.15, 0.2) is 0 Å². The summed E-state index contributed by atoms with van der Waals surface area (Å²) < 4.78 is 28.6. The Labute approximate surface area is 355 Å². The van der Waals surface area contributed by atoms with Gasteiger partial charge in [-0.1, -0.05) is 97.1 Å². The molecule has 0 aliphatic carbocycles. The van der Waals surface area contributed by atoms with Crippen molar-refractivity contribution < 1.29 is 18.9 Å². The van der Waals surface area contributed by atoms with E-state index < -0.39 is 0 Å². The highest BCUT2D eigenvalue weighted by molar-refractivity contribution is 7.02. The van der Waals surface area contributed by atoms with Gasteiger partial charge in [-0.15, -0.1) is 0 Å². The van der Waals surface area contributed by atoms with E-state index in [1.807, 2.05) is 0 Å². The Morgan fingerprint density at radius 1 is 0.306 bits per heavy atom. The van der Waals surface area contributed by atoms with E-state index in [9.17, 15) is 0 Å². The summed E-state index contributed by atoms with van der Waals surface area (Å²) >= 11 is 0. The first kappa shape index (κ1) is 31.8. The number of nitrogens with zero attached hydrogens (tertiary/aromatic N) is 2. The van der Waals surface area contributed by atoms with Crippen molar-refractivity contribution in [3.63, 3.8) is 0 Å². The van der Waals surface area contributed by atoms with Crippen LogP contribution < -0.4 is 61.5 Å². The van der Waals surface area contributed by atoms with Crippen molar-refractivity contribution in [3.05, 3.63) is 170 Å². The van der Waals surface area contributed by atoms with Gasteiger partial charge in [-0.3, -0.25) is 0 Å². The summed E-state index contributed by atoms with van der Waals surface area (Å²) in [5, 5.41) is 6.46. The van der Waals surface area contributed by atoms with Gasteiger partial charge in [0, 0.05) is 55.2 Å². The van der Waals surface area contributed by atoms with Crippen LogP contribution in [0.2, 0.25) is 0 Å². The van der Waals surface area contributed by atoms with Crippen LogP contribution in [-0.4, -0.2) is 13.4 Å². The largest absolute Gasteiger partial charge is 0.458 e. The van der Waals surface area contributed by atoms with Gasteiger partial charge in [0.25, 0.3) is 13.4 Å². The standard InChI is InChI=1S/C54H28B2N2O4/c1-3-15-31(16-4-1)57-37-21-11-23-39-45(37)55-47-43(61-53-33-19-9-7-13-29(33)25-41(59-39)49(53)55)28-36-35(51(47)57)27-44-48-52(36)58(32-17-5-2-6-18-32)38-22-12-24-40-46(38)56(48)50-42(60-40)26-30-14-8-10-20-34(30)54(50)62-44/h1-28H. The summed E-state index contributed by atoms with van der Waals surface area (Å²) in [6.45, 7) is -0.255. The number of para-hydroxylation sites is 2. The van der Waals surface area contributed by atoms with E-state index in [0.717, 1.165) is 145 Å². The molecule has 10 aromatic rings. The van der Waals surface area contributed by atoms with E-state index in [4.69, 9.17) is 18.9 Å². The number of ether oxygens (including phenoxy) is 4. The molecule has 0 fully saturated rings. The van der Waals surface area contributed by atoms with Gasteiger partial charge in [-0.2, -0.15) is 0 Å². The second kappa shape index (κ2) is 11.0. The lowest BCUT2D eigenvalue weighted by Gasteiger charge is -2.46. The number of hydrogen-bond donors (Lipinski definition) is 0. The van der Waals surface area contributed by atoms with Gasteiger partial charge < -0.3 is 28.7 Å². The fourth-order valence-electron chi connectivity index (χ4n) is 11.7.